The van der Waals surface area contributed by atoms with Gasteiger partial charge in [-0.2, -0.15) is 8.78 Å². The molecule has 0 spiro atoms. The van der Waals surface area contributed by atoms with Crippen molar-refractivity contribution in [2.45, 2.75) is 13.2 Å². The second kappa shape index (κ2) is 7.22. The van der Waals surface area contributed by atoms with Crippen LogP contribution in [0.3, 0.4) is 0 Å². The standard InChI is InChI=1S/C16H14ClF2NO2/c1-20(10-11-6-8-12(17)9-7-11)15(21)13-4-2-3-5-14(13)22-16(18)19/h2-9,16H,10H2,1H3. The normalized spacial score (nSPS) is 10.6. The van der Waals surface area contributed by atoms with Crippen molar-refractivity contribution in [2.75, 3.05) is 7.05 Å². The van der Waals surface area contributed by atoms with Gasteiger partial charge in [0.05, 0.1) is 5.56 Å². The Labute approximate surface area is 132 Å². The zero-order valence-corrected chi connectivity index (χ0v) is 12.6. The van der Waals surface area contributed by atoms with Gasteiger partial charge in [0.15, 0.2) is 0 Å². The molecule has 2 aromatic rings. The number of ether oxygens (including phenoxy) is 1. The van der Waals surface area contributed by atoms with Gasteiger partial charge in [-0.05, 0) is 29.8 Å². The Morgan fingerprint density at radius 1 is 1.18 bits per heavy atom. The summed E-state index contributed by atoms with van der Waals surface area (Å²) in [5, 5.41) is 0.605. The first-order valence-corrected chi connectivity index (χ1v) is 6.89. The number of carbonyl (C=O) groups excluding carboxylic acids is 1. The molecule has 0 radical (unpaired) electrons. The molecule has 0 saturated heterocycles. The first-order chi connectivity index (χ1) is 10.5. The summed E-state index contributed by atoms with van der Waals surface area (Å²) in [4.78, 5) is 13.8. The molecule has 0 unspecified atom stereocenters. The minimum absolute atomic E-state index is 0.0965. The molecule has 2 aromatic carbocycles. The molecule has 0 atom stereocenters. The van der Waals surface area contributed by atoms with Gasteiger partial charge in [0.2, 0.25) is 0 Å². The van der Waals surface area contributed by atoms with Gasteiger partial charge in [0.25, 0.3) is 5.91 Å². The van der Waals surface area contributed by atoms with E-state index < -0.39 is 12.5 Å². The SMILES string of the molecule is CN(Cc1ccc(Cl)cc1)C(=O)c1ccccc1OC(F)F. The van der Waals surface area contributed by atoms with Crippen LogP contribution in [0, 0.1) is 0 Å². The van der Waals surface area contributed by atoms with E-state index in [1.807, 2.05) is 0 Å². The molecule has 0 aliphatic heterocycles. The van der Waals surface area contributed by atoms with Crippen molar-refractivity contribution < 1.29 is 18.3 Å². The summed E-state index contributed by atoms with van der Waals surface area (Å²) in [5.74, 6) is -0.531. The van der Waals surface area contributed by atoms with Crippen molar-refractivity contribution in [3.05, 3.63) is 64.7 Å². The number of carbonyl (C=O) groups is 1. The molecule has 0 bridgehead atoms. The van der Waals surface area contributed by atoms with Gasteiger partial charge in [-0.3, -0.25) is 4.79 Å². The topological polar surface area (TPSA) is 29.5 Å². The van der Waals surface area contributed by atoms with Crippen LogP contribution in [-0.2, 0) is 6.54 Å². The highest BCUT2D eigenvalue weighted by molar-refractivity contribution is 6.30. The van der Waals surface area contributed by atoms with Gasteiger partial charge >= 0.3 is 6.61 Å². The Balaban J connectivity index is 2.15. The van der Waals surface area contributed by atoms with E-state index >= 15 is 0 Å². The quantitative estimate of drug-likeness (QED) is 0.824. The third kappa shape index (κ3) is 4.18. The van der Waals surface area contributed by atoms with Crippen molar-refractivity contribution >= 4 is 17.5 Å². The van der Waals surface area contributed by atoms with Crippen LogP contribution in [0.1, 0.15) is 15.9 Å². The van der Waals surface area contributed by atoms with E-state index in [4.69, 9.17) is 11.6 Å². The highest BCUT2D eigenvalue weighted by Crippen LogP contribution is 2.22. The Bertz CT molecular complexity index is 647. The summed E-state index contributed by atoms with van der Waals surface area (Å²) in [6.07, 6.45) is 0. The summed E-state index contributed by atoms with van der Waals surface area (Å²) < 4.78 is 29.2. The first kappa shape index (κ1) is 16.2. The third-order valence-electron chi connectivity index (χ3n) is 3.01. The van der Waals surface area contributed by atoms with Crippen LogP contribution in [0.15, 0.2) is 48.5 Å². The van der Waals surface area contributed by atoms with Crippen LogP contribution in [0.2, 0.25) is 5.02 Å². The summed E-state index contributed by atoms with van der Waals surface area (Å²) >= 11 is 5.81. The van der Waals surface area contributed by atoms with Gasteiger partial charge in [-0.25, -0.2) is 0 Å². The molecule has 6 heteroatoms. The maximum Gasteiger partial charge on any atom is 0.387 e. The number of benzene rings is 2. The Morgan fingerprint density at radius 2 is 1.82 bits per heavy atom. The monoisotopic (exact) mass is 325 g/mol. The van der Waals surface area contributed by atoms with Crippen molar-refractivity contribution in [2.24, 2.45) is 0 Å². The van der Waals surface area contributed by atoms with E-state index in [9.17, 15) is 13.6 Å². The van der Waals surface area contributed by atoms with E-state index in [0.29, 0.717) is 11.6 Å². The second-order valence-corrected chi connectivity index (χ2v) is 5.10. The van der Waals surface area contributed by atoms with Gasteiger partial charge in [0.1, 0.15) is 5.75 Å². The number of alkyl halides is 2. The van der Waals surface area contributed by atoms with Crippen molar-refractivity contribution in [3.63, 3.8) is 0 Å². The highest BCUT2D eigenvalue weighted by Gasteiger charge is 2.18. The summed E-state index contributed by atoms with van der Waals surface area (Å²) in [6, 6.07) is 13.0. The van der Waals surface area contributed by atoms with E-state index in [-0.39, 0.29) is 11.3 Å². The molecule has 0 saturated carbocycles. The number of hydrogen-bond donors (Lipinski definition) is 0. The number of hydrogen-bond acceptors (Lipinski definition) is 2. The highest BCUT2D eigenvalue weighted by atomic mass is 35.5. The molecule has 1 amide bonds. The number of rotatable bonds is 5. The fourth-order valence-corrected chi connectivity index (χ4v) is 2.11. The average molecular weight is 326 g/mol. The molecular weight excluding hydrogens is 312 g/mol. The van der Waals surface area contributed by atoms with Gasteiger partial charge in [-0.15, -0.1) is 0 Å². The number of para-hydroxylation sites is 1. The average Bonchev–Trinajstić information content (AvgIpc) is 2.49. The lowest BCUT2D eigenvalue weighted by Crippen LogP contribution is -2.26. The van der Waals surface area contributed by atoms with Gasteiger partial charge in [0, 0.05) is 18.6 Å². The summed E-state index contributed by atoms with van der Waals surface area (Å²) in [7, 11) is 1.59. The molecular formula is C16H14ClF2NO2. The van der Waals surface area contributed by atoms with E-state index in [1.54, 1.807) is 37.4 Å². The Kier molecular flexibility index (Phi) is 5.33. The number of amides is 1. The maximum absolute atomic E-state index is 12.4. The second-order valence-electron chi connectivity index (χ2n) is 4.66. The van der Waals surface area contributed by atoms with Crippen LogP contribution in [0.5, 0.6) is 5.75 Å². The van der Waals surface area contributed by atoms with E-state index in [2.05, 4.69) is 4.74 Å². The third-order valence-corrected chi connectivity index (χ3v) is 3.27. The predicted octanol–water partition coefficient (Wildman–Crippen LogP) is 4.21. The molecule has 0 fully saturated rings. The summed E-state index contributed by atoms with van der Waals surface area (Å²) in [5.41, 5.74) is 0.978. The lowest BCUT2D eigenvalue weighted by Gasteiger charge is -2.19. The van der Waals surface area contributed by atoms with Crippen LogP contribution in [0.25, 0.3) is 0 Å². The molecule has 0 aliphatic rings. The first-order valence-electron chi connectivity index (χ1n) is 6.51. The van der Waals surface area contributed by atoms with Gasteiger partial charge in [-0.1, -0.05) is 35.9 Å². The lowest BCUT2D eigenvalue weighted by atomic mass is 10.1. The van der Waals surface area contributed by atoms with Crippen molar-refractivity contribution in [1.29, 1.82) is 0 Å². The van der Waals surface area contributed by atoms with E-state index in [1.165, 1.54) is 23.1 Å². The van der Waals surface area contributed by atoms with E-state index in [0.717, 1.165) is 5.56 Å². The van der Waals surface area contributed by atoms with Crippen LogP contribution in [-0.4, -0.2) is 24.5 Å². The largest absolute Gasteiger partial charge is 0.434 e. The Morgan fingerprint density at radius 3 is 2.45 bits per heavy atom. The van der Waals surface area contributed by atoms with Crippen LogP contribution >= 0.6 is 11.6 Å². The molecule has 22 heavy (non-hydrogen) atoms. The summed E-state index contributed by atoms with van der Waals surface area (Å²) in [6.45, 7) is -2.64. The molecule has 0 N–H and O–H groups in total. The number of nitrogens with zero attached hydrogens (tertiary/aromatic N) is 1. The molecule has 2 rings (SSSR count). The smallest absolute Gasteiger partial charge is 0.387 e. The molecule has 0 heterocycles. The maximum atomic E-state index is 12.4. The minimum atomic E-state index is -2.98. The Hall–Kier alpha value is -2.14. The number of halogens is 3. The lowest BCUT2D eigenvalue weighted by molar-refractivity contribution is -0.0502. The molecule has 116 valence electrons. The van der Waals surface area contributed by atoms with Crippen molar-refractivity contribution in [1.82, 2.24) is 4.90 Å². The molecule has 3 nitrogen and oxygen atoms in total. The zero-order valence-electron chi connectivity index (χ0n) is 11.8. The van der Waals surface area contributed by atoms with Crippen LogP contribution < -0.4 is 4.74 Å². The molecule has 0 aromatic heterocycles. The fourth-order valence-electron chi connectivity index (χ4n) is 1.98. The van der Waals surface area contributed by atoms with Crippen molar-refractivity contribution in [3.8, 4) is 5.75 Å². The fraction of sp³-hybridized carbons (Fsp3) is 0.188. The molecule has 0 aliphatic carbocycles. The minimum Gasteiger partial charge on any atom is -0.434 e. The zero-order chi connectivity index (χ0) is 16.1. The predicted molar refractivity (Wildman–Crippen MR) is 80.3 cm³/mol. The van der Waals surface area contributed by atoms with Crippen LogP contribution in [0.4, 0.5) is 8.78 Å². The van der Waals surface area contributed by atoms with Gasteiger partial charge < -0.3 is 9.64 Å².